The Labute approximate surface area is 82.2 Å². The monoisotopic (exact) mass is 194 g/mol. The van der Waals surface area contributed by atoms with Crippen LogP contribution < -0.4 is 15.8 Å². The van der Waals surface area contributed by atoms with E-state index in [1.54, 1.807) is 4.90 Å². The first-order valence-corrected chi connectivity index (χ1v) is 4.68. The van der Waals surface area contributed by atoms with E-state index in [0.29, 0.717) is 12.5 Å². The van der Waals surface area contributed by atoms with Crippen LogP contribution in [-0.4, -0.2) is 30.6 Å². The van der Waals surface area contributed by atoms with Crippen LogP contribution in [0, 0.1) is 0 Å². The van der Waals surface area contributed by atoms with Crippen LogP contribution in [0.5, 0.6) is 0 Å². The third kappa shape index (κ3) is 1.50. The minimum atomic E-state index is 0.000185. The minimum absolute atomic E-state index is 0.000185. The summed E-state index contributed by atoms with van der Waals surface area (Å²) >= 11 is 0. The molecule has 0 bridgehead atoms. The van der Waals surface area contributed by atoms with Crippen molar-refractivity contribution >= 4 is 5.95 Å². The van der Waals surface area contributed by atoms with Gasteiger partial charge in [-0.3, -0.25) is 9.78 Å². The van der Waals surface area contributed by atoms with Gasteiger partial charge in [-0.15, -0.1) is 0 Å². The molecule has 1 aromatic rings. The fourth-order valence-corrected chi connectivity index (χ4v) is 1.57. The molecule has 0 aromatic carbocycles. The second kappa shape index (κ2) is 3.42. The predicted molar refractivity (Wildman–Crippen MR) is 54.6 cm³/mol. The van der Waals surface area contributed by atoms with E-state index in [1.165, 1.54) is 0 Å². The van der Waals surface area contributed by atoms with Crippen LogP contribution >= 0.6 is 0 Å². The molecule has 2 rings (SSSR count). The highest BCUT2D eigenvalue weighted by Gasteiger charge is 2.15. The first kappa shape index (κ1) is 9.21. The number of anilines is 1. The Morgan fingerprint density at radius 1 is 1.43 bits per heavy atom. The summed E-state index contributed by atoms with van der Waals surface area (Å²) in [4.78, 5) is 20.6. The Bertz CT molecular complexity index is 396. The van der Waals surface area contributed by atoms with Crippen LogP contribution in [0.3, 0.4) is 0 Å². The highest BCUT2D eigenvalue weighted by Crippen LogP contribution is 2.09. The van der Waals surface area contributed by atoms with E-state index >= 15 is 0 Å². The van der Waals surface area contributed by atoms with E-state index in [2.05, 4.69) is 15.3 Å². The number of nitrogens with one attached hydrogen (secondary N) is 2. The molecule has 0 fully saturated rings. The molecule has 1 aromatic heterocycles. The molecule has 0 saturated carbocycles. The summed E-state index contributed by atoms with van der Waals surface area (Å²) in [6, 6.07) is 0. The fourth-order valence-electron chi connectivity index (χ4n) is 1.57. The third-order valence-electron chi connectivity index (χ3n) is 2.36. The zero-order valence-corrected chi connectivity index (χ0v) is 8.42. The highest BCUT2D eigenvalue weighted by atomic mass is 16.1. The number of fused-ring (bicyclic) bond motifs is 1. The Balaban J connectivity index is 2.52. The quantitative estimate of drug-likeness (QED) is 0.631. The standard InChI is InChI=1S/C9H14N4O/c1-13(2)9-11-7-5-10-4-3-6(7)8(14)12-9/h10H,3-5H2,1-2H3,(H,11,12,14). The maximum atomic E-state index is 11.6. The number of aromatic amines is 1. The van der Waals surface area contributed by atoms with E-state index in [4.69, 9.17) is 0 Å². The predicted octanol–water partition coefficient (Wildman–Crippen LogP) is -0.518. The van der Waals surface area contributed by atoms with Gasteiger partial charge in [0.15, 0.2) is 0 Å². The molecule has 0 radical (unpaired) electrons. The molecule has 5 heteroatoms. The molecule has 1 aliphatic heterocycles. The lowest BCUT2D eigenvalue weighted by Gasteiger charge is -2.18. The van der Waals surface area contributed by atoms with Crippen molar-refractivity contribution in [2.24, 2.45) is 0 Å². The van der Waals surface area contributed by atoms with Crippen LogP contribution in [0.2, 0.25) is 0 Å². The zero-order chi connectivity index (χ0) is 10.1. The van der Waals surface area contributed by atoms with Gasteiger partial charge < -0.3 is 10.2 Å². The summed E-state index contributed by atoms with van der Waals surface area (Å²) in [5, 5.41) is 3.20. The molecule has 14 heavy (non-hydrogen) atoms. The van der Waals surface area contributed by atoms with Crippen LogP contribution in [0.15, 0.2) is 4.79 Å². The number of hydrogen-bond donors (Lipinski definition) is 2. The molecule has 0 aliphatic carbocycles. The molecule has 0 saturated heterocycles. The van der Waals surface area contributed by atoms with Gasteiger partial charge >= 0.3 is 0 Å². The Kier molecular flexibility index (Phi) is 2.25. The molecule has 76 valence electrons. The lowest BCUT2D eigenvalue weighted by atomic mass is 10.1. The van der Waals surface area contributed by atoms with Gasteiger partial charge in [0, 0.05) is 26.2 Å². The Hall–Kier alpha value is -1.36. The van der Waals surface area contributed by atoms with Crippen molar-refractivity contribution in [1.29, 1.82) is 0 Å². The normalized spacial score (nSPS) is 15.0. The van der Waals surface area contributed by atoms with Gasteiger partial charge in [0.25, 0.3) is 5.56 Å². The Morgan fingerprint density at radius 2 is 2.21 bits per heavy atom. The summed E-state index contributed by atoms with van der Waals surface area (Å²) in [5.74, 6) is 0.623. The maximum absolute atomic E-state index is 11.6. The third-order valence-corrected chi connectivity index (χ3v) is 2.36. The molecular formula is C9H14N4O. The van der Waals surface area contributed by atoms with Crippen LogP contribution in [-0.2, 0) is 13.0 Å². The summed E-state index contributed by atoms with van der Waals surface area (Å²) in [5.41, 5.74) is 1.71. The largest absolute Gasteiger partial charge is 0.348 e. The van der Waals surface area contributed by atoms with Crippen molar-refractivity contribution in [2.45, 2.75) is 13.0 Å². The van der Waals surface area contributed by atoms with Gasteiger partial charge in [-0.05, 0) is 13.0 Å². The number of hydrogen-bond acceptors (Lipinski definition) is 4. The molecule has 1 aliphatic rings. The second-order valence-corrected chi connectivity index (χ2v) is 3.64. The van der Waals surface area contributed by atoms with Crippen LogP contribution in [0.25, 0.3) is 0 Å². The van der Waals surface area contributed by atoms with E-state index in [0.717, 1.165) is 24.2 Å². The van der Waals surface area contributed by atoms with E-state index in [-0.39, 0.29) is 5.56 Å². The second-order valence-electron chi connectivity index (χ2n) is 3.64. The van der Waals surface area contributed by atoms with Gasteiger partial charge in [0.1, 0.15) is 0 Å². The SMILES string of the molecule is CN(C)c1nc2c(c(=O)[nH]1)CCNC2. The lowest BCUT2D eigenvalue weighted by Crippen LogP contribution is -2.32. The summed E-state index contributed by atoms with van der Waals surface area (Å²) in [7, 11) is 3.72. The molecule has 0 amide bonds. The van der Waals surface area contributed by atoms with Crippen LogP contribution in [0.1, 0.15) is 11.3 Å². The highest BCUT2D eigenvalue weighted by molar-refractivity contribution is 5.32. The van der Waals surface area contributed by atoms with Crippen molar-refractivity contribution in [3.05, 3.63) is 21.6 Å². The number of H-pyrrole nitrogens is 1. The molecule has 0 atom stereocenters. The van der Waals surface area contributed by atoms with E-state index in [1.807, 2.05) is 14.1 Å². The van der Waals surface area contributed by atoms with Gasteiger partial charge in [0.05, 0.1) is 5.69 Å². The average Bonchev–Trinajstić information content (AvgIpc) is 2.17. The van der Waals surface area contributed by atoms with E-state index < -0.39 is 0 Å². The smallest absolute Gasteiger partial charge is 0.255 e. The Morgan fingerprint density at radius 3 is 2.93 bits per heavy atom. The van der Waals surface area contributed by atoms with E-state index in [9.17, 15) is 4.79 Å². The van der Waals surface area contributed by atoms with Crippen molar-refractivity contribution in [2.75, 3.05) is 25.5 Å². The fraction of sp³-hybridized carbons (Fsp3) is 0.556. The summed E-state index contributed by atoms with van der Waals surface area (Å²) in [6.07, 6.45) is 0.769. The van der Waals surface area contributed by atoms with Crippen molar-refractivity contribution in [3.63, 3.8) is 0 Å². The summed E-state index contributed by atoms with van der Waals surface area (Å²) < 4.78 is 0. The van der Waals surface area contributed by atoms with Gasteiger partial charge in [-0.25, -0.2) is 4.98 Å². The topological polar surface area (TPSA) is 61.0 Å². The van der Waals surface area contributed by atoms with Crippen molar-refractivity contribution in [1.82, 2.24) is 15.3 Å². The molecule has 5 nitrogen and oxygen atoms in total. The minimum Gasteiger partial charge on any atom is -0.348 e. The molecule has 2 heterocycles. The van der Waals surface area contributed by atoms with Gasteiger partial charge in [0.2, 0.25) is 5.95 Å². The number of nitrogens with zero attached hydrogens (tertiary/aromatic N) is 2. The first-order valence-electron chi connectivity index (χ1n) is 4.68. The number of rotatable bonds is 1. The van der Waals surface area contributed by atoms with Crippen molar-refractivity contribution in [3.8, 4) is 0 Å². The average molecular weight is 194 g/mol. The molecule has 0 unspecified atom stereocenters. The molecule has 0 spiro atoms. The van der Waals surface area contributed by atoms with Gasteiger partial charge in [-0.1, -0.05) is 0 Å². The zero-order valence-electron chi connectivity index (χ0n) is 8.42. The lowest BCUT2D eigenvalue weighted by molar-refractivity contribution is 0.618. The van der Waals surface area contributed by atoms with Gasteiger partial charge in [-0.2, -0.15) is 0 Å². The summed E-state index contributed by atoms with van der Waals surface area (Å²) in [6.45, 7) is 1.55. The first-order chi connectivity index (χ1) is 6.68. The van der Waals surface area contributed by atoms with Crippen molar-refractivity contribution < 1.29 is 0 Å². The molecular weight excluding hydrogens is 180 g/mol. The number of aromatic nitrogens is 2. The maximum Gasteiger partial charge on any atom is 0.255 e. The van der Waals surface area contributed by atoms with Crippen LogP contribution in [0.4, 0.5) is 5.95 Å². The molecule has 2 N–H and O–H groups in total.